The maximum Gasteiger partial charge on any atom is 0.270 e. The van der Waals surface area contributed by atoms with E-state index in [0.29, 0.717) is 0 Å². The number of aryl methyl sites for hydroxylation is 1. The van der Waals surface area contributed by atoms with Gasteiger partial charge in [-0.2, -0.15) is 0 Å². The number of hydrogen-bond donors (Lipinski definition) is 1. The molecule has 0 spiro atoms. The van der Waals surface area contributed by atoms with Crippen LogP contribution in [0.1, 0.15) is 36.7 Å². The molecule has 0 aromatic carbocycles. The Labute approximate surface area is 116 Å². The molecule has 100 valence electrons. The van der Waals surface area contributed by atoms with E-state index in [4.69, 9.17) is 5.73 Å². The van der Waals surface area contributed by atoms with Crippen molar-refractivity contribution in [3.8, 4) is 0 Å². The highest BCUT2D eigenvalue weighted by Gasteiger charge is 2.30. The summed E-state index contributed by atoms with van der Waals surface area (Å²) in [6.07, 6.45) is 5.14. The van der Waals surface area contributed by atoms with Crippen LogP contribution in [0.25, 0.3) is 0 Å². The average molecular weight is 314 g/mol. The third-order valence-electron chi connectivity index (χ3n) is 3.61. The Morgan fingerprint density at radius 1 is 1.56 bits per heavy atom. The SMILES string of the molecule is C[C@H](N)[C@@H]1CCCCN1C(=O)c1cc(Br)cn1C. The van der Waals surface area contributed by atoms with Gasteiger partial charge in [-0.3, -0.25) is 4.79 Å². The zero-order valence-corrected chi connectivity index (χ0v) is 12.5. The van der Waals surface area contributed by atoms with Gasteiger partial charge in [0.05, 0.1) is 0 Å². The van der Waals surface area contributed by atoms with Crippen LogP contribution in [0.4, 0.5) is 0 Å². The van der Waals surface area contributed by atoms with Crippen molar-refractivity contribution >= 4 is 21.8 Å². The van der Waals surface area contributed by atoms with Crippen LogP contribution in [0.3, 0.4) is 0 Å². The Morgan fingerprint density at radius 3 is 2.83 bits per heavy atom. The van der Waals surface area contributed by atoms with Gasteiger partial charge < -0.3 is 15.2 Å². The van der Waals surface area contributed by atoms with E-state index in [1.54, 1.807) is 0 Å². The van der Waals surface area contributed by atoms with Crippen LogP contribution in [0.2, 0.25) is 0 Å². The standard InChI is InChI=1S/C13H20BrN3O/c1-9(15)11-5-3-4-6-17(11)13(18)12-7-10(14)8-16(12)2/h7-9,11H,3-6,15H2,1-2H3/t9-,11-/m0/s1. The number of hydrogen-bond acceptors (Lipinski definition) is 2. The second-order valence-corrected chi connectivity index (χ2v) is 5.99. The Bertz CT molecular complexity index is 441. The fourth-order valence-electron chi connectivity index (χ4n) is 2.64. The van der Waals surface area contributed by atoms with Gasteiger partial charge in [-0.05, 0) is 48.2 Å². The van der Waals surface area contributed by atoms with E-state index in [2.05, 4.69) is 15.9 Å². The van der Waals surface area contributed by atoms with Crippen molar-refractivity contribution in [1.82, 2.24) is 9.47 Å². The predicted molar refractivity (Wildman–Crippen MR) is 75.4 cm³/mol. The van der Waals surface area contributed by atoms with Gasteiger partial charge in [0, 0.05) is 36.3 Å². The quantitative estimate of drug-likeness (QED) is 0.909. The fraction of sp³-hybridized carbons (Fsp3) is 0.615. The molecule has 1 fully saturated rings. The number of amides is 1. The number of halogens is 1. The maximum atomic E-state index is 12.6. The van der Waals surface area contributed by atoms with E-state index < -0.39 is 0 Å². The van der Waals surface area contributed by atoms with Crippen LogP contribution in [0, 0.1) is 0 Å². The molecule has 2 heterocycles. The highest BCUT2D eigenvalue weighted by atomic mass is 79.9. The van der Waals surface area contributed by atoms with E-state index >= 15 is 0 Å². The van der Waals surface area contributed by atoms with Gasteiger partial charge in [-0.15, -0.1) is 0 Å². The molecule has 2 rings (SSSR count). The number of carbonyl (C=O) groups is 1. The van der Waals surface area contributed by atoms with Crippen LogP contribution >= 0.6 is 15.9 Å². The van der Waals surface area contributed by atoms with Crippen LogP contribution in [0.5, 0.6) is 0 Å². The lowest BCUT2D eigenvalue weighted by Crippen LogP contribution is -2.52. The van der Waals surface area contributed by atoms with Crippen molar-refractivity contribution in [3.05, 3.63) is 22.4 Å². The second kappa shape index (κ2) is 5.45. The predicted octanol–water partition coefficient (Wildman–Crippen LogP) is 2.13. The van der Waals surface area contributed by atoms with Crippen molar-refractivity contribution in [3.63, 3.8) is 0 Å². The normalized spacial score (nSPS) is 22.0. The first kappa shape index (κ1) is 13.6. The molecule has 2 atom stereocenters. The molecular formula is C13H20BrN3O. The molecule has 5 heteroatoms. The first-order valence-corrected chi connectivity index (χ1v) is 7.18. The molecule has 0 bridgehead atoms. The van der Waals surface area contributed by atoms with E-state index in [1.807, 2.05) is 35.7 Å². The van der Waals surface area contributed by atoms with Crippen LogP contribution < -0.4 is 5.73 Å². The zero-order valence-electron chi connectivity index (χ0n) is 10.9. The Kier molecular flexibility index (Phi) is 4.12. The average Bonchev–Trinajstić information content (AvgIpc) is 2.67. The largest absolute Gasteiger partial charge is 0.345 e. The molecular weight excluding hydrogens is 294 g/mol. The highest BCUT2D eigenvalue weighted by molar-refractivity contribution is 9.10. The molecule has 1 aromatic heterocycles. The van der Waals surface area contributed by atoms with Gasteiger partial charge in [-0.1, -0.05) is 0 Å². The van der Waals surface area contributed by atoms with Gasteiger partial charge in [0.15, 0.2) is 0 Å². The number of nitrogens with zero attached hydrogens (tertiary/aromatic N) is 2. The topological polar surface area (TPSA) is 51.3 Å². The van der Waals surface area contributed by atoms with E-state index in [0.717, 1.165) is 36.0 Å². The van der Waals surface area contributed by atoms with Gasteiger partial charge >= 0.3 is 0 Å². The van der Waals surface area contributed by atoms with Crippen molar-refractivity contribution in [2.24, 2.45) is 12.8 Å². The third kappa shape index (κ3) is 2.62. The summed E-state index contributed by atoms with van der Waals surface area (Å²) in [6, 6.07) is 2.06. The molecule has 0 aliphatic carbocycles. The molecule has 0 saturated carbocycles. The van der Waals surface area contributed by atoms with Crippen LogP contribution in [-0.4, -0.2) is 34.0 Å². The minimum absolute atomic E-state index is 0.0259. The lowest BCUT2D eigenvalue weighted by molar-refractivity contribution is 0.0574. The molecule has 18 heavy (non-hydrogen) atoms. The summed E-state index contributed by atoms with van der Waals surface area (Å²) in [5.41, 5.74) is 6.72. The van der Waals surface area contributed by atoms with Gasteiger partial charge in [-0.25, -0.2) is 0 Å². The number of rotatable bonds is 2. The number of aromatic nitrogens is 1. The lowest BCUT2D eigenvalue weighted by atomic mass is 9.96. The Hall–Kier alpha value is -0.810. The Morgan fingerprint density at radius 2 is 2.28 bits per heavy atom. The summed E-state index contributed by atoms with van der Waals surface area (Å²) in [7, 11) is 1.89. The molecule has 1 saturated heterocycles. The number of likely N-dealkylation sites (tertiary alicyclic amines) is 1. The summed E-state index contributed by atoms with van der Waals surface area (Å²) >= 11 is 3.40. The molecule has 0 radical (unpaired) electrons. The summed E-state index contributed by atoms with van der Waals surface area (Å²) < 4.78 is 2.79. The van der Waals surface area contributed by atoms with Gasteiger partial charge in [0.2, 0.25) is 0 Å². The Balaban J connectivity index is 2.23. The van der Waals surface area contributed by atoms with Crippen molar-refractivity contribution in [1.29, 1.82) is 0 Å². The molecule has 2 N–H and O–H groups in total. The number of carbonyl (C=O) groups excluding carboxylic acids is 1. The minimum atomic E-state index is 0.0259. The third-order valence-corrected chi connectivity index (χ3v) is 4.04. The first-order valence-electron chi connectivity index (χ1n) is 6.39. The molecule has 1 aliphatic heterocycles. The first-order chi connectivity index (χ1) is 8.50. The van der Waals surface area contributed by atoms with E-state index in [-0.39, 0.29) is 18.0 Å². The molecule has 1 aliphatic rings. The summed E-state index contributed by atoms with van der Waals surface area (Å²) in [6.45, 7) is 2.80. The number of nitrogens with two attached hydrogens (primary N) is 1. The van der Waals surface area contributed by atoms with Crippen molar-refractivity contribution < 1.29 is 4.79 Å². The smallest absolute Gasteiger partial charge is 0.270 e. The monoisotopic (exact) mass is 313 g/mol. The fourth-order valence-corrected chi connectivity index (χ4v) is 3.16. The van der Waals surface area contributed by atoms with Crippen molar-refractivity contribution in [2.75, 3.05) is 6.54 Å². The molecule has 1 aromatic rings. The molecule has 1 amide bonds. The number of piperidine rings is 1. The summed E-state index contributed by atoms with van der Waals surface area (Å²) in [5, 5.41) is 0. The zero-order chi connectivity index (χ0) is 13.3. The van der Waals surface area contributed by atoms with Gasteiger partial charge in [0.1, 0.15) is 5.69 Å². The molecule has 0 unspecified atom stereocenters. The lowest BCUT2D eigenvalue weighted by Gasteiger charge is -2.38. The van der Waals surface area contributed by atoms with Gasteiger partial charge in [0.25, 0.3) is 5.91 Å². The minimum Gasteiger partial charge on any atom is -0.345 e. The van der Waals surface area contributed by atoms with Crippen LogP contribution in [0.15, 0.2) is 16.7 Å². The highest BCUT2D eigenvalue weighted by Crippen LogP contribution is 2.23. The van der Waals surface area contributed by atoms with E-state index in [1.165, 1.54) is 0 Å². The van der Waals surface area contributed by atoms with E-state index in [9.17, 15) is 4.79 Å². The maximum absolute atomic E-state index is 12.6. The van der Waals surface area contributed by atoms with Crippen molar-refractivity contribution in [2.45, 2.75) is 38.3 Å². The van der Waals surface area contributed by atoms with Crippen LogP contribution in [-0.2, 0) is 7.05 Å². The second-order valence-electron chi connectivity index (χ2n) is 5.08. The summed E-state index contributed by atoms with van der Waals surface area (Å²) in [4.78, 5) is 14.5. The summed E-state index contributed by atoms with van der Waals surface area (Å²) in [5.74, 6) is 0.0881. The molecule has 4 nitrogen and oxygen atoms in total.